The molecule has 2 aliphatic rings. The van der Waals surface area contributed by atoms with Crippen molar-refractivity contribution in [2.24, 2.45) is 0 Å². The summed E-state index contributed by atoms with van der Waals surface area (Å²) in [4.78, 5) is 35.9. The molecule has 0 bridgehead atoms. The molecule has 2 fully saturated rings. The maximum Gasteiger partial charge on any atom is 0.410 e. The van der Waals surface area contributed by atoms with E-state index in [9.17, 15) is 14.4 Å². The third-order valence-corrected chi connectivity index (χ3v) is 3.48. The third kappa shape index (κ3) is 3.37. The summed E-state index contributed by atoms with van der Waals surface area (Å²) in [6.45, 7) is 5.26. The molecule has 2 N–H and O–H groups in total. The SMILES string of the molecule is CC(C)(C)OC(=O)N[C@@H]1COC(=O)N2[C@H](C(=O)O)CC[C@@H]12. The van der Waals surface area contributed by atoms with Crippen LogP contribution in [0.25, 0.3) is 0 Å². The molecule has 0 spiro atoms. The standard InChI is InChI=1S/C13H20N2O6/c1-13(2,3)21-11(18)14-7-6-20-12(19)15-8(7)4-5-9(15)10(16)17/h7-9H,4-6H2,1-3H3,(H,14,18)(H,16,17)/t7-,8+,9+/m1/s1. The van der Waals surface area contributed by atoms with E-state index in [-0.39, 0.29) is 12.6 Å². The lowest BCUT2D eigenvalue weighted by Crippen LogP contribution is -2.60. The maximum atomic E-state index is 11.8. The number of carbonyl (C=O) groups excluding carboxylic acids is 2. The fourth-order valence-corrected chi connectivity index (χ4v) is 2.68. The number of carbonyl (C=O) groups is 3. The van der Waals surface area contributed by atoms with Crippen LogP contribution in [0.5, 0.6) is 0 Å². The highest BCUT2D eigenvalue weighted by atomic mass is 16.6. The van der Waals surface area contributed by atoms with E-state index < -0.39 is 35.8 Å². The zero-order valence-electron chi connectivity index (χ0n) is 12.3. The first kappa shape index (κ1) is 15.4. The molecule has 0 saturated carbocycles. The maximum absolute atomic E-state index is 11.8. The van der Waals surface area contributed by atoms with Gasteiger partial charge in [-0.25, -0.2) is 14.4 Å². The number of nitrogens with one attached hydrogen (secondary N) is 1. The van der Waals surface area contributed by atoms with Crippen LogP contribution in [-0.4, -0.2) is 58.5 Å². The molecular weight excluding hydrogens is 280 g/mol. The molecule has 2 aliphatic heterocycles. The zero-order valence-corrected chi connectivity index (χ0v) is 12.3. The Kier molecular flexibility index (Phi) is 3.97. The second-order valence-corrected chi connectivity index (χ2v) is 6.24. The van der Waals surface area contributed by atoms with Crippen molar-refractivity contribution in [2.45, 2.75) is 57.3 Å². The van der Waals surface area contributed by atoms with Crippen molar-refractivity contribution < 1.29 is 29.0 Å². The smallest absolute Gasteiger partial charge is 0.410 e. The van der Waals surface area contributed by atoms with Crippen LogP contribution in [0, 0.1) is 0 Å². The molecule has 21 heavy (non-hydrogen) atoms. The molecule has 0 aliphatic carbocycles. The van der Waals surface area contributed by atoms with Gasteiger partial charge in [-0.2, -0.15) is 0 Å². The highest BCUT2D eigenvalue weighted by Gasteiger charge is 2.49. The minimum absolute atomic E-state index is 0.0194. The summed E-state index contributed by atoms with van der Waals surface area (Å²) in [6, 6.07) is -1.74. The van der Waals surface area contributed by atoms with E-state index in [2.05, 4.69) is 5.32 Å². The Balaban J connectivity index is 2.04. The average Bonchev–Trinajstić information content (AvgIpc) is 2.76. The van der Waals surface area contributed by atoms with Crippen molar-refractivity contribution in [2.75, 3.05) is 6.61 Å². The second-order valence-electron chi connectivity index (χ2n) is 6.24. The molecule has 8 heteroatoms. The van der Waals surface area contributed by atoms with Gasteiger partial charge < -0.3 is 19.9 Å². The van der Waals surface area contributed by atoms with Crippen LogP contribution in [0.1, 0.15) is 33.6 Å². The fourth-order valence-electron chi connectivity index (χ4n) is 2.68. The molecule has 3 atom stereocenters. The number of fused-ring (bicyclic) bond motifs is 1. The summed E-state index contributed by atoms with van der Waals surface area (Å²) in [5.41, 5.74) is -0.631. The van der Waals surface area contributed by atoms with Crippen LogP contribution in [0.15, 0.2) is 0 Å². The topological polar surface area (TPSA) is 105 Å². The number of hydrogen-bond acceptors (Lipinski definition) is 5. The number of carboxylic acid groups (broad SMARTS) is 1. The largest absolute Gasteiger partial charge is 0.480 e. The van der Waals surface area contributed by atoms with Gasteiger partial charge >= 0.3 is 18.2 Å². The molecule has 2 heterocycles. The first-order chi connectivity index (χ1) is 9.69. The number of hydrogen-bond donors (Lipinski definition) is 2. The molecule has 0 unspecified atom stereocenters. The third-order valence-electron chi connectivity index (χ3n) is 3.48. The summed E-state index contributed by atoms with van der Waals surface area (Å²) in [5, 5.41) is 11.8. The number of amides is 2. The lowest BCUT2D eigenvalue weighted by molar-refractivity contribution is -0.142. The van der Waals surface area contributed by atoms with E-state index in [0.717, 1.165) is 0 Å². The number of ether oxygens (including phenoxy) is 2. The molecule has 0 aromatic carbocycles. The van der Waals surface area contributed by atoms with Gasteiger partial charge in [-0.05, 0) is 33.6 Å². The van der Waals surface area contributed by atoms with Gasteiger partial charge in [0, 0.05) is 0 Å². The van der Waals surface area contributed by atoms with Gasteiger partial charge in [0.05, 0.1) is 12.1 Å². The van der Waals surface area contributed by atoms with Crippen molar-refractivity contribution in [3.63, 3.8) is 0 Å². The number of aliphatic carboxylic acids is 1. The Hall–Kier alpha value is -1.99. The van der Waals surface area contributed by atoms with Gasteiger partial charge in [0.15, 0.2) is 0 Å². The monoisotopic (exact) mass is 300 g/mol. The first-order valence-electron chi connectivity index (χ1n) is 6.86. The molecule has 118 valence electrons. The number of cyclic esters (lactones) is 1. The average molecular weight is 300 g/mol. The minimum atomic E-state index is -1.06. The number of alkyl carbamates (subject to hydrolysis) is 1. The molecule has 0 radical (unpaired) electrons. The number of nitrogens with zero attached hydrogens (tertiary/aromatic N) is 1. The van der Waals surface area contributed by atoms with Crippen LogP contribution >= 0.6 is 0 Å². The molecule has 0 aromatic rings. The Morgan fingerprint density at radius 3 is 2.62 bits per heavy atom. The Bertz CT molecular complexity index is 458. The van der Waals surface area contributed by atoms with E-state index >= 15 is 0 Å². The summed E-state index contributed by atoms with van der Waals surface area (Å²) >= 11 is 0. The molecule has 2 rings (SSSR count). The van der Waals surface area contributed by atoms with Crippen LogP contribution < -0.4 is 5.32 Å². The van der Waals surface area contributed by atoms with Crippen LogP contribution in [0.4, 0.5) is 9.59 Å². The van der Waals surface area contributed by atoms with Crippen molar-refractivity contribution >= 4 is 18.2 Å². The lowest BCUT2D eigenvalue weighted by atomic mass is 10.1. The Labute approximate surface area is 122 Å². The molecular formula is C13H20N2O6. The van der Waals surface area contributed by atoms with Gasteiger partial charge in [-0.3, -0.25) is 4.90 Å². The highest BCUT2D eigenvalue weighted by Crippen LogP contribution is 2.30. The first-order valence-corrected chi connectivity index (χ1v) is 6.86. The van der Waals surface area contributed by atoms with Crippen molar-refractivity contribution in [3.8, 4) is 0 Å². The predicted octanol–water partition coefficient (Wildman–Crippen LogP) is 0.947. The molecule has 2 amide bonds. The highest BCUT2D eigenvalue weighted by molar-refractivity contribution is 5.81. The van der Waals surface area contributed by atoms with Gasteiger partial charge in [-0.1, -0.05) is 0 Å². The van der Waals surface area contributed by atoms with Crippen molar-refractivity contribution in [3.05, 3.63) is 0 Å². The Morgan fingerprint density at radius 2 is 2.05 bits per heavy atom. The van der Waals surface area contributed by atoms with E-state index in [4.69, 9.17) is 14.6 Å². The van der Waals surface area contributed by atoms with Gasteiger partial charge in [0.1, 0.15) is 18.2 Å². The normalized spacial score (nSPS) is 28.6. The lowest BCUT2D eigenvalue weighted by Gasteiger charge is -2.37. The van der Waals surface area contributed by atoms with E-state index in [0.29, 0.717) is 12.8 Å². The molecule has 2 saturated heterocycles. The summed E-state index contributed by atoms with van der Waals surface area (Å²) < 4.78 is 10.1. The number of rotatable bonds is 2. The van der Waals surface area contributed by atoms with Crippen molar-refractivity contribution in [1.82, 2.24) is 10.2 Å². The fraction of sp³-hybridized carbons (Fsp3) is 0.769. The van der Waals surface area contributed by atoms with Gasteiger partial charge in [0.25, 0.3) is 0 Å². The molecule has 8 nitrogen and oxygen atoms in total. The quantitative estimate of drug-likeness (QED) is 0.786. The number of carboxylic acids is 1. The minimum Gasteiger partial charge on any atom is -0.480 e. The zero-order chi connectivity index (χ0) is 15.8. The van der Waals surface area contributed by atoms with E-state index in [1.54, 1.807) is 20.8 Å². The molecule has 0 aromatic heterocycles. The van der Waals surface area contributed by atoms with E-state index in [1.807, 2.05) is 0 Å². The van der Waals surface area contributed by atoms with Gasteiger partial charge in [-0.15, -0.1) is 0 Å². The summed E-state index contributed by atoms with van der Waals surface area (Å²) in [7, 11) is 0. The van der Waals surface area contributed by atoms with Crippen LogP contribution in [0.3, 0.4) is 0 Å². The van der Waals surface area contributed by atoms with Gasteiger partial charge in [0.2, 0.25) is 0 Å². The Morgan fingerprint density at radius 1 is 1.38 bits per heavy atom. The summed E-state index contributed by atoms with van der Waals surface area (Å²) in [6.07, 6.45) is -0.398. The van der Waals surface area contributed by atoms with Crippen molar-refractivity contribution in [1.29, 1.82) is 0 Å². The second kappa shape index (κ2) is 5.42. The van der Waals surface area contributed by atoms with Crippen LogP contribution in [0.2, 0.25) is 0 Å². The van der Waals surface area contributed by atoms with Crippen LogP contribution in [-0.2, 0) is 14.3 Å². The summed E-state index contributed by atoms with van der Waals surface area (Å²) in [5.74, 6) is -1.06. The van der Waals surface area contributed by atoms with E-state index in [1.165, 1.54) is 4.90 Å². The predicted molar refractivity (Wildman–Crippen MR) is 70.8 cm³/mol.